The lowest BCUT2D eigenvalue weighted by Gasteiger charge is -2.15. The van der Waals surface area contributed by atoms with Gasteiger partial charge in [0, 0.05) is 5.41 Å². The standard InChI is InChI=1S/C11H17N3O5/c1-11(2,3)10-13-12-7(19-10)4-14(5-8(15)16)6-9(17)18/h4-6H2,1-3H3,(H,15,16)(H,17,18). The summed E-state index contributed by atoms with van der Waals surface area (Å²) in [5.74, 6) is -1.60. The molecular weight excluding hydrogens is 254 g/mol. The van der Waals surface area contributed by atoms with Crippen molar-refractivity contribution in [2.45, 2.75) is 32.7 Å². The second kappa shape index (κ2) is 5.79. The highest BCUT2D eigenvalue weighted by Gasteiger charge is 2.23. The number of hydrogen-bond donors (Lipinski definition) is 2. The lowest BCUT2D eigenvalue weighted by molar-refractivity contribution is -0.142. The molecule has 1 rings (SSSR count). The molecule has 0 aromatic carbocycles. The molecule has 19 heavy (non-hydrogen) atoms. The maximum absolute atomic E-state index is 10.6. The van der Waals surface area contributed by atoms with Gasteiger partial charge in [0.15, 0.2) is 0 Å². The number of aliphatic carboxylic acids is 2. The van der Waals surface area contributed by atoms with Crippen LogP contribution in [0.5, 0.6) is 0 Å². The van der Waals surface area contributed by atoms with E-state index in [2.05, 4.69) is 10.2 Å². The Kier molecular flexibility index (Phi) is 4.60. The predicted molar refractivity (Wildman–Crippen MR) is 63.5 cm³/mol. The zero-order valence-electron chi connectivity index (χ0n) is 11.1. The molecule has 0 atom stereocenters. The van der Waals surface area contributed by atoms with Crippen LogP contribution >= 0.6 is 0 Å². The van der Waals surface area contributed by atoms with Crippen molar-refractivity contribution in [3.05, 3.63) is 11.8 Å². The molecule has 0 amide bonds. The number of nitrogens with zero attached hydrogens (tertiary/aromatic N) is 3. The molecule has 1 heterocycles. The molecule has 0 bridgehead atoms. The smallest absolute Gasteiger partial charge is 0.317 e. The van der Waals surface area contributed by atoms with Crippen LogP contribution < -0.4 is 0 Å². The first-order valence-corrected chi connectivity index (χ1v) is 5.67. The largest absolute Gasteiger partial charge is 0.480 e. The summed E-state index contributed by atoms with van der Waals surface area (Å²) in [6, 6.07) is 0. The molecule has 106 valence electrons. The van der Waals surface area contributed by atoms with E-state index in [0.29, 0.717) is 5.89 Å². The minimum absolute atomic E-state index is 0.0122. The summed E-state index contributed by atoms with van der Waals surface area (Å²) in [5.41, 5.74) is -0.310. The first-order chi connectivity index (χ1) is 8.68. The monoisotopic (exact) mass is 271 g/mol. The van der Waals surface area contributed by atoms with Crippen molar-refractivity contribution in [3.8, 4) is 0 Å². The quantitative estimate of drug-likeness (QED) is 0.760. The number of aromatic nitrogens is 2. The molecule has 8 heteroatoms. The highest BCUT2D eigenvalue weighted by atomic mass is 16.4. The van der Waals surface area contributed by atoms with Gasteiger partial charge in [-0.25, -0.2) is 0 Å². The first-order valence-electron chi connectivity index (χ1n) is 5.67. The van der Waals surface area contributed by atoms with Crippen molar-refractivity contribution in [3.63, 3.8) is 0 Å². The minimum Gasteiger partial charge on any atom is -0.480 e. The molecule has 0 aliphatic rings. The van der Waals surface area contributed by atoms with Gasteiger partial charge >= 0.3 is 11.9 Å². The SMILES string of the molecule is CC(C)(C)c1nnc(CN(CC(=O)O)CC(=O)O)o1. The molecule has 0 fully saturated rings. The van der Waals surface area contributed by atoms with Gasteiger partial charge in [-0.3, -0.25) is 14.5 Å². The van der Waals surface area contributed by atoms with Crippen LogP contribution in [0.4, 0.5) is 0 Å². The average Bonchev–Trinajstić information content (AvgIpc) is 2.62. The van der Waals surface area contributed by atoms with E-state index in [4.69, 9.17) is 14.6 Å². The van der Waals surface area contributed by atoms with E-state index in [9.17, 15) is 9.59 Å². The van der Waals surface area contributed by atoms with E-state index in [1.54, 1.807) is 0 Å². The van der Waals surface area contributed by atoms with E-state index < -0.39 is 25.0 Å². The number of hydrogen-bond acceptors (Lipinski definition) is 6. The summed E-state index contributed by atoms with van der Waals surface area (Å²) in [5, 5.41) is 25.1. The Morgan fingerprint density at radius 3 is 2.05 bits per heavy atom. The highest BCUT2D eigenvalue weighted by Crippen LogP contribution is 2.20. The Morgan fingerprint density at radius 2 is 1.68 bits per heavy atom. The van der Waals surface area contributed by atoms with Crippen LogP contribution in [0.3, 0.4) is 0 Å². The number of carboxylic acid groups (broad SMARTS) is 2. The molecule has 0 aliphatic carbocycles. The Balaban J connectivity index is 2.75. The zero-order valence-corrected chi connectivity index (χ0v) is 11.1. The summed E-state index contributed by atoms with van der Waals surface area (Å²) < 4.78 is 5.39. The lowest BCUT2D eigenvalue weighted by Crippen LogP contribution is -2.34. The van der Waals surface area contributed by atoms with Gasteiger partial charge < -0.3 is 14.6 Å². The summed E-state index contributed by atoms with van der Waals surface area (Å²) >= 11 is 0. The van der Waals surface area contributed by atoms with Crippen molar-refractivity contribution in [2.75, 3.05) is 13.1 Å². The average molecular weight is 271 g/mol. The Labute approximate surface area is 110 Å². The third-order valence-corrected chi connectivity index (χ3v) is 2.19. The summed E-state index contributed by atoms with van der Waals surface area (Å²) in [6.45, 7) is 4.88. The molecule has 0 saturated heterocycles. The van der Waals surface area contributed by atoms with E-state index in [1.807, 2.05) is 20.8 Å². The molecule has 8 nitrogen and oxygen atoms in total. The van der Waals surface area contributed by atoms with Crippen LogP contribution in [0.2, 0.25) is 0 Å². The Morgan fingerprint density at radius 1 is 1.16 bits per heavy atom. The second-order valence-electron chi connectivity index (χ2n) is 5.18. The second-order valence-corrected chi connectivity index (χ2v) is 5.18. The fourth-order valence-corrected chi connectivity index (χ4v) is 1.36. The van der Waals surface area contributed by atoms with Gasteiger partial charge in [0.1, 0.15) is 0 Å². The summed E-state index contributed by atoms with van der Waals surface area (Å²) in [6.07, 6.45) is 0. The van der Waals surface area contributed by atoms with Gasteiger partial charge in [-0.05, 0) is 0 Å². The maximum Gasteiger partial charge on any atom is 0.317 e. The number of rotatable bonds is 6. The van der Waals surface area contributed by atoms with Crippen LogP contribution in [0.1, 0.15) is 32.6 Å². The Hall–Kier alpha value is -1.96. The molecule has 0 aliphatic heterocycles. The third-order valence-electron chi connectivity index (χ3n) is 2.19. The topological polar surface area (TPSA) is 117 Å². The van der Waals surface area contributed by atoms with Crippen LogP contribution in [0, 0.1) is 0 Å². The van der Waals surface area contributed by atoms with Crippen LogP contribution in [-0.4, -0.2) is 50.3 Å². The molecule has 0 saturated carbocycles. The number of carbonyl (C=O) groups is 2. The van der Waals surface area contributed by atoms with Crippen molar-refractivity contribution < 1.29 is 24.2 Å². The van der Waals surface area contributed by atoms with Gasteiger partial charge in [-0.2, -0.15) is 0 Å². The molecule has 0 radical (unpaired) electrons. The van der Waals surface area contributed by atoms with Crippen molar-refractivity contribution in [2.24, 2.45) is 0 Å². The normalized spacial score (nSPS) is 11.8. The van der Waals surface area contributed by atoms with E-state index in [-0.39, 0.29) is 17.9 Å². The molecule has 0 unspecified atom stereocenters. The van der Waals surface area contributed by atoms with Gasteiger partial charge in [0.2, 0.25) is 11.8 Å². The van der Waals surface area contributed by atoms with Gasteiger partial charge in [0.05, 0.1) is 19.6 Å². The minimum atomic E-state index is -1.11. The molecule has 1 aromatic rings. The maximum atomic E-state index is 10.6. The molecule has 1 aromatic heterocycles. The summed E-state index contributed by atoms with van der Waals surface area (Å²) in [7, 11) is 0. The highest BCUT2D eigenvalue weighted by molar-refractivity contribution is 5.72. The van der Waals surface area contributed by atoms with E-state index >= 15 is 0 Å². The third kappa shape index (κ3) is 5.04. The number of carboxylic acids is 2. The van der Waals surface area contributed by atoms with Crippen molar-refractivity contribution in [1.82, 2.24) is 15.1 Å². The molecular formula is C11H17N3O5. The van der Waals surface area contributed by atoms with Gasteiger partial charge in [-0.1, -0.05) is 20.8 Å². The van der Waals surface area contributed by atoms with Gasteiger partial charge in [-0.15, -0.1) is 10.2 Å². The van der Waals surface area contributed by atoms with Gasteiger partial charge in [0.25, 0.3) is 0 Å². The Bertz CT molecular complexity index is 447. The first kappa shape index (κ1) is 15.1. The van der Waals surface area contributed by atoms with Crippen molar-refractivity contribution in [1.29, 1.82) is 0 Å². The molecule has 2 N–H and O–H groups in total. The zero-order chi connectivity index (χ0) is 14.6. The van der Waals surface area contributed by atoms with Crippen LogP contribution in [-0.2, 0) is 21.5 Å². The predicted octanol–water partition coefficient (Wildman–Crippen LogP) is 0.338. The van der Waals surface area contributed by atoms with Crippen LogP contribution in [0.25, 0.3) is 0 Å². The molecule has 0 spiro atoms. The fraction of sp³-hybridized carbons (Fsp3) is 0.636. The lowest BCUT2D eigenvalue weighted by atomic mass is 9.97. The van der Waals surface area contributed by atoms with E-state index in [0.717, 1.165) is 0 Å². The van der Waals surface area contributed by atoms with Crippen molar-refractivity contribution >= 4 is 11.9 Å². The summed E-state index contributed by atoms with van der Waals surface area (Å²) in [4.78, 5) is 22.5. The fourth-order valence-electron chi connectivity index (χ4n) is 1.36. The van der Waals surface area contributed by atoms with E-state index in [1.165, 1.54) is 4.90 Å². The van der Waals surface area contributed by atoms with Crippen LogP contribution in [0.15, 0.2) is 4.42 Å².